The van der Waals surface area contributed by atoms with Gasteiger partial charge in [-0.2, -0.15) is 0 Å². The van der Waals surface area contributed by atoms with Crippen molar-refractivity contribution in [2.75, 3.05) is 11.4 Å². The third kappa shape index (κ3) is 3.66. The molecule has 6 heteroatoms. The van der Waals surface area contributed by atoms with Gasteiger partial charge in [0.15, 0.2) is 0 Å². The molecule has 1 heterocycles. The van der Waals surface area contributed by atoms with Gasteiger partial charge in [-0.25, -0.2) is 13.1 Å². The lowest BCUT2D eigenvalue weighted by Gasteiger charge is -2.28. The van der Waals surface area contributed by atoms with Crippen molar-refractivity contribution in [3.8, 4) is 0 Å². The third-order valence-corrected chi connectivity index (χ3v) is 6.54. The molecule has 1 aliphatic rings. The van der Waals surface area contributed by atoms with Crippen LogP contribution in [0.4, 0.5) is 5.69 Å². The third-order valence-electron chi connectivity index (χ3n) is 5.14. The lowest BCUT2D eigenvalue weighted by atomic mass is 10.0. The van der Waals surface area contributed by atoms with Gasteiger partial charge >= 0.3 is 0 Å². The molecule has 0 aromatic heterocycles. The summed E-state index contributed by atoms with van der Waals surface area (Å²) in [4.78, 5) is 13.7. The predicted molar refractivity (Wildman–Crippen MR) is 111 cm³/mol. The van der Waals surface area contributed by atoms with E-state index >= 15 is 0 Å². The van der Waals surface area contributed by atoms with E-state index in [1.54, 1.807) is 23.1 Å². The highest BCUT2D eigenvalue weighted by Crippen LogP contribution is 2.29. The Labute approximate surface area is 165 Å². The first-order valence-electron chi connectivity index (χ1n) is 9.32. The van der Waals surface area contributed by atoms with Crippen molar-refractivity contribution < 1.29 is 13.2 Å². The number of hydrogen-bond donors (Lipinski definition) is 1. The number of carbonyl (C=O) groups is 1. The van der Waals surface area contributed by atoms with E-state index in [4.69, 9.17) is 0 Å². The van der Waals surface area contributed by atoms with Gasteiger partial charge in [-0.15, -0.1) is 0 Å². The quantitative estimate of drug-likeness (QED) is 0.735. The van der Waals surface area contributed by atoms with E-state index in [9.17, 15) is 13.2 Å². The van der Waals surface area contributed by atoms with E-state index in [1.165, 1.54) is 6.92 Å². The molecule has 0 spiro atoms. The zero-order valence-corrected chi connectivity index (χ0v) is 16.5. The molecule has 5 nitrogen and oxygen atoms in total. The van der Waals surface area contributed by atoms with Gasteiger partial charge in [0.1, 0.15) is 0 Å². The Hall–Kier alpha value is -2.70. The zero-order chi connectivity index (χ0) is 19.7. The molecule has 0 aliphatic carbocycles. The van der Waals surface area contributed by atoms with E-state index in [1.807, 2.05) is 42.5 Å². The summed E-state index contributed by atoms with van der Waals surface area (Å²) in [7, 11) is -3.64. The summed E-state index contributed by atoms with van der Waals surface area (Å²) in [5.74, 6) is -0.0222. The molecule has 1 amide bonds. The molecule has 0 fully saturated rings. The molecule has 0 radical (unpaired) electrons. The molecule has 0 bridgehead atoms. The first-order chi connectivity index (χ1) is 13.4. The van der Waals surface area contributed by atoms with Gasteiger partial charge in [0, 0.05) is 25.7 Å². The van der Waals surface area contributed by atoms with E-state index in [0.717, 1.165) is 40.4 Å². The van der Waals surface area contributed by atoms with Crippen molar-refractivity contribution in [1.29, 1.82) is 0 Å². The van der Waals surface area contributed by atoms with Crippen LogP contribution in [0.5, 0.6) is 0 Å². The molecule has 144 valence electrons. The standard InChI is InChI=1S/C22H22N2O3S/c1-16(25)24-12-4-7-20-14-21(10-11-22(20)24)28(26,27)23-15-17-8-9-18-5-2-3-6-19(18)13-17/h2-3,5-6,8-11,13-14,23H,4,7,12,15H2,1H3. The maximum absolute atomic E-state index is 12.8. The van der Waals surface area contributed by atoms with Crippen LogP contribution in [0.3, 0.4) is 0 Å². The molecular weight excluding hydrogens is 372 g/mol. The number of nitrogens with zero attached hydrogens (tertiary/aromatic N) is 1. The number of anilines is 1. The molecule has 0 saturated carbocycles. The highest BCUT2D eigenvalue weighted by Gasteiger charge is 2.23. The van der Waals surface area contributed by atoms with Crippen LogP contribution in [0.25, 0.3) is 10.8 Å². The smallest absolute Gasteiger partial charge is 0.240 e. The Morgan fingerprint density at radius 2 is 1.82 bits per heavy atom. The summed E-state index contributed by atoms with van der Waals surface area (Å²) in [5, 5.41) is 2.20. The number of nitrogens with one attached hydrogen (secondary N) is 1. The lowest BCUT2D eigenvalue weighted by molar-refractivity contribution is -0.116. The molecule has 0 atom stereocenters. The second-order valence-corrected chi connectivity index (χ2v) is 8.84. The fraction of sp³-hybridized carbons (Fsp3) is 0.227. The Morgan fingerprint density at radius 3 is 2.61 bits per heavy atom. The summed E-state index contributed by atoms with van der Waals surface area (Å²) >= 11 is 0. The maximum Gasteiger partial charge on any atom is 0.240 e. The number of rotatable bonds is 4. The van der Waals surface area contributed by atoms with Crippen LogP contribution in [0, 0.1) is 0 Å². The van der Waals surface area contributed by atoms with Crippen molar-refractivity contribution in [3.63, 3.8) is 0 Å². The fourth-order valence-corrected chi connectivity index (χ4v) is 4.75. The Bertz CT molecular complexity index is 1160. The zero-order valence-electron chi connectivity index (χ0n) is 15.7. The van der Waals surface area contributed by atoms with Crippen LogP contribution < -0.4 is 9.62 Å². The first-order valence-corrected chi connectivity index (χ1v) is 10.8. The maximum atomic E-state index is 12.8. The van der Waals surface area contributed by atoms with Gasteiger partial charge < -0.3 is 4.90 Å². The second kappa shape index (κ2) is 7.37. The Kier molecular flexibility index (Phi) is 4.91. The minimum Gasteiger partial charge on any atom is -0.312 e. The summed E-state index contributed by atoms with van der Waals surface area (Å²) in [6, 6.07) is 18.9. The van der Waals surface area contributed by atoms with Gasteiger partial charge in [0.2, 0.25) is 15.9 Å². The highest BCUT2D eigenvalue weighted by molar-refractivity contribution is 7.89. The number of benzene rings is 3. The van der Waals surface area contributed by atoms with Crippen molar-refractivity contribution >= 4 is 32.4 Å². The van der Waals surface area contributed by atoms with Gasteiger partial charge in [-0.05, 0) is 59.0 Å². The summed E-state index contributed by atoms with van der Waals surface area (Å²) in [6.45, 7) is 2.43. The number of carbonyl (C=O) groups excluding carboxylic acids is 1. The molecule has 28 heavy (non-hydrogen) atoms. The first kappa shape index (κ1) is 18.7. The number of amides is 1. The molecule has 0 saturated heterocycles. The van der Waals surface area contributed by atoms with E-state index in [-0.39, 0.29) is 17.3 Å². The number of sulfonamides is 1. The summed E-state index contributed by atoms with van der Waals surface area (Å²) in [5.41, 5.74) is 2.62. The van der Waals surface area contributed by atoms with E-state index in [0.29, 0.717) is 6.54 Å². The van der Waals surface area contributed by atoms with Crippen molar-refractivity contribution in [2.45, 2.75) is 31.2 Å². The van der Waals surface area contributed by atoms with Crippen LogP contribution in [0.15, 0.2) is 65.6 Å². The van der Waals surface area contributed by atoms with Gasteiger partial charge in [0.05, 0.1) is 4.90 Å². The molecule has 3 aromatic carbocycles. The average Bonchev–Trinajstić information content (AvgIpc) is 2.71. The normalized spacial score (nSPS) is 14.1. The van der Waals surface area contributed by atoms with E-state index in [2.05, 4.69) is 4.72 Å². The lowest BCUT2D eigenvalue weighted by Crippen LogP contribution is -2.33. The predicted octanol–water partition coefficient (Wildman–Crippen LogP) is 3.62. The van der Waals surface area contributed by atoms with Gasteiger partial charge in [-0.3, -0.25) is 4.79 Å². The number of hydrogen-bond acceptors (Lipinski definition) is 3. The number of fused-ring (bicyclic) bond motifs is 2. The molecule has 1 aliphatic heterocycles. The second-order valence-electron chi connectivity index (χ2n) is 7.07. The average molecular weight is 394 g/mol. The van der Waals surface area contributed by atoms with Crippen LogP contribution >= 0.6 is 0 Å². The van der Waals surface area contributed by atoms with Crippen molar-refractivity contribution in [2.24, 2.45) is 0 Å². The summed E-state index contributed by atoms with van der Waals surface area (Å²) < 4.78 is 28.2. The molecule has 0 unspecified atom stereocenters. The largest absolute Gasteiger partial charge is 0.312 e. The van der Waals surface area contributed by atoms with Gasteiger partial charge in [0.25, 0.3) is 0 Å². The monoisotopic (exact) mass is 394 g/mol. The van der Waals surface area contributed by atoms with Crippen LogP contribution in [0.1, 0.15) is 24.5 Å². The van der Waals surface area contributed by atoms with Crippen LogP contribution in [-0.4, -0.2) is 20.9 Å². The molecule has 4 rings (SSSR count). The molecule has 1 N–H and O–H groups in total. The topological polar surface area (TPSA) is 66.5 Å². The van der Waals surface area contributed by atoms with Crippen LogP contribution in [0.2, 0.25) is 0 Å². The Morgan fingerprint density at radius 1 is 1.04 bits per heavy atom. The van der Waals surface area contributed by atoms with Crippen LogP contribution in [-0.2, 0) is 27.8 Å². The summed E-state index contributed by atoms with van der Waals surface area (Å²) in [6.07, 6.45) is 1.60. The van der Waals surface area contributed by atoms with E-state index < -0.39 is 10.0 Å². The Balaban J connectivity index is 1.55. The minimum atomic E-state index is -3.64. The van der Waals surface area contributed by atoms with Gasteiger partial charge in [-0.1, -0.05) is 36.4 Å². The highest BCUT2D eigenvalue weighted by atomic mass is 32.2. The number of aryl methyl sites for hydroxylation is 1. The minimum absolute atomic E-state index is 0.0222. The fourth-order valence-electron chi connectivity index (χ4n) is 3.68. The molecule has 3 aromatic rings. The molecular formula is C22H22N2O3S. The van der Waals surface area contributed by atoms with Crippen molar-refractivity contribution in [3.05, 3.63) is 71.8 Å². The SMILES string of the molecule is CC(=O)N1CCCc2cc(S(=O)(=O)NCc3ccc4ccccc4c3)ccc21. The van der Waals surface area contributed by atoms with Crippen molar-refractivity contribution in [1.82, 2.24) is 4.72 Å².